The molecular formula is C38H61N4O6P. The van der Waals surface area contributed by atoms with Crippen LogP contribution in [0.1, 0.15) is 85.6 Å². The third kappa shape index (κ3) is 23.9. The van der Waals surface area contributed by atoms with E-state index in [2.05, 4.69) is 47.8 Å². The van der Waals surface area contributed by atoms with Crippen LogP contribution < -0.4 is 21.7 Å². The number of hydrogen-bond acceptors (Lipinski definition) is 5. The molecule has 0 saturated heterocycles. The number of nitrogens with one attached hydrogen (secondary N) is 3. The van der Waals surface area contributed by atoms with Crippen LogP contribution in [0.25, 0.3) is 0 Å². The molecule has 6 N–H and O–H groups in total. The number of hydrogen-bond donors (Lipinski definition) is 5. The Balaban J connectivity index is 0. The molecule has 3 unspecified atom stereocenters. The second-order valence-electron chi connectivity index (χ2n) is 11.2. The maximum atomic E-state index is 13.3. The van der Waals surface area contributed by atoms with E-state index < -0.39 is 49.0 Å². The highest BCUT2D eigenvalue weighted by Gasteiger charge is 2.37. The zero-order chi connectivity index (χ0) is 37.8. The molecule has 1 aromatic carbocycles. The molecule has 2 rings (SSSR count). The average Bonchev–Trinajstić information content (AvgIpc) is 3.88. The van der Waals surface area contributed by atoms with Gasteiger partial charge in [-0.1, -0.05) is 106 Å². The molecule has 1 saturated carbocycles. The smallest absolute Gasteiger partial charge is 0.243 e. The van der Waals surface area contributed by atoms with Crippen molar-refractivity contribution in [3.05, 3.63) is 97.2 Å². The fourth-order valence-electron chi connectivity index (χ4n) is 4.16. The molecule has 0 aliphatic heterocycles. The Morgan fingerprint density at radius 2 is 1.63 bits per heavy atom. The summed E-state index contributed by atoms with van der Waals surface area (Å²) in [5, 5.41) is 7.49. The molecule has 1 aliphatic carbocycles. The summed E-state index contributed by atoms with van der Waals surface area (Å²) in [5.74, 6) is -3.48. The minimum absolute atomic E-state index is 0.0114. The number of primary amides is 1. The van der Waals surface area contributed by atoms with Crippen LogP contribution in [0.4, 0.5) is 0 Å². The van der Waals surface area contributed by atoms with Gasteiger partial charge in [0.2, 0.25) is 31.0 Å². The van der Waals surface area contributed by atoms with Crippen molar-refractivity contribution in [2.24, 2.45) is 11.7 Å². The Kier molecular flexibility index (Phi) is 26.8. The molecule has 1 aliphatic rings. The Morgan fingerprint density at radius 3 is 2.10 bits per heavy atom. The molecule has 1 fully saturated rings. The maximum Gasteiger partial charge on any atom is 0.243 e. The zero-order valence-electron chi connectivity index (χ0n) is 30.5. The summed E-state index contributed by atoms with van der Waals surface area (Å²) in [5.41, 5.74) is 7.79. The third-order valence-electron chi connectivity index (χ3n) is 6.85. The largest absolute Gasteiger partial charge is 0.368 e. The van der Waals surface area contributed by atoms with Crippen LogP contribution in [0.15, 0.2) is 91.6 Å². The van der Waals surface area contributed by atoms with E-state index in [0.29, 0.717) is 18.4 Å². The van der Waals surface area contributed by atoms with E-state index in [1.807, 2.05) is 53.7 Å². The van der Waals surface area contributed by atoms with Gasteiger partial charge in [0.15, 0.2) is 0 Å². The van der Waals surface area contributed by atoms with Crippen molar-refractivity contribution < 1.29 is 28.6 Å². The molecule has 1 aromatic rings. The zero-order valence-corrected chi connectivity index (χ0v) is 31.4. The lowest BCUT2D eigenvalue weighted by Gasteiger charge is -2.25. The first kappa shape index (κ1) is 47.1. The van der Waals surface area contributed by atoms with Crippen LogP contribution >= 0.6 is 7.37 Å². The van der Waals surface area contributed by atoms with Crippen LogP contribution in [0.3, 0.4) is 0 Å². The van der Waals surface area contributed by atoms with Crippen molar-refractivity contribution in [2.45, 2.75) is 98.3 Å². The van der Waals surface area contributed by atoms with Crippen molar-refractivity contribution in [1.82, 2.24) is 16.0 Å². The summed E-state index contributed by atoms with van der Waals surface area (Å²) in [6.45, 7) is 22.2. The van der Waals surface area contributed by atoms with Gasteiger partial charge >= 0.3 is 0 Å². The Labute approximate surface area is 294 Å². The van der Waals surface area contributed by atoms with Crippen LogP contribution in [0.2, 0.25) is 0 Å². The highest BCUT2D eigenvalue weighted by molar-refractivity contribution is 7.59. The predicted molar refractivity (Wildman–Crippen MR) is 203 cm³/mol. The van der Waals surface area contributed by atoms with Gasteiger partial charge in [-0.15, -0.1) is 13.2 Å². The molecule has 0 bridgehead atoms. The highest BCUT2D eigenvalue weighted by atomic mass is 31.2. The second-order valence-corrected chi connectivity index (χ2v) is 13.7. The third-order valence-corrected chi connectivity index (χ3v) is 8.88. The van der Waals surface area contributed by atoms with E-state index in [4.69, 9.17) is 5.73 Å². The van der Waals surface area contributed by atoms with Gasteiger partial charge < -0.3 is 26.6 Å². The lowest BCUT2D eigenvalue weighted by Crippen LogP contribution is -2.49. The summed E-state index contributed by atoms with van der Waals surface area (Å²) in [7, 11) is -4.25. The van der Waals surface area contributed by atoms with Crippen LogP contribution in [-0.2, 0) is 30.2 Å². The van der Waals surface area contributed by atoms with Gasteiger partial charge in [0.05, 0.1) is 6.54 Å². The lowest BCUT2D eigenvalue weighted by atomic mass is 10.1. The van der Waals surface area contributed by atoms with E-state index in [-0.39, 0.29) is 25.3 Å². The summed E-state index contributed by atoms with van der Waals surface area (Å²) < 4.78 is 13.3. The van der Waals surface area contributed by atoms with E-state index in [0.717, 1.165) is 24.8 Å². The first-order valence-corrected chi connectivity index (χ1v) is 18.8. The monoisotopic (exact) mass is 700 g/mol. The number of allylic oxidation sites excluding steroid dienone is 6. The molecule has 3 atom stereocenters. The molecule has 0 aromatic heterocycles. The van der Waals surface area contributed by atoms with Gasteiger partial charge in [-0.05, 0) is 57.1 Å². The molecule has 0 radical (unpaired) electrons. The Hall–Kier alpha value is -4.01. The van der Waals surface area contributed by atoms with E-state index in [1.165, 1.54) is 5.57 Å². The second kappa shape index (κ2) is 27.9. The molecule has 274 valence electrons. The molecule has 4 amide bonds. The fraction of sp³-hybridized carbons (Fsp3) is 0.474. The van der Waals surface area contributed by atoms with Crippen LogP contribution in [-0.4, -0.2) is 53.1 Å². The minimum Gasteiger partial charge on any atom is -0.368 e. The molecule has 0 heterocycles. The lowest BCUT2D eigenvalue weighted by molar-refractivity contribution is -0.129. The van der Waals surface area contributed by atoms with E-state index in [1.54, 1.807) is 36.4 Å². The summed E-state index contributed by atoms with van der Waals surface area (Å²) >= 11 is 0. The molecule has 49 heavy (non-hydrogen) atoms. The Bertz CT molecular complexity index is 1290. The van der Waals surface area contributed by atoms with Crippen molar-refractivity contribution in [3.8, 4) is 0 Å². The van der Waals surface area contributed by atoms with E-state index >= 15 is 0 Å². The SMILES string of the molecule is C=C(CC)CC(=O)NC(Cc1ccccc1)P(=O)(O)CC(=O)NC(CC1CC1)C(=O)NCC(N)=O.C=CC.C=CCC(/C=C\C)=C\C.CC. The predicted octanol–water partition coefficient (Wildman–Crippen LogP) is 6.49. The molecule has 0 spiro atoms. The summed E-state index contributed by atoms with van der Waals surface area (Å²) in [6.07, 6.45) is 13.0. The van der Waals surface area contributed by atoms with Crippen LogP contribution in [0.5, 0.6) is 0 Å². The first-order chi connectivity index (χ1) is 23.3. The number of carbonyl (C=O) groups excluding carboxylic acids is 4. The van der Waals surface area contributed by atoms with Gasteiger partial charge in [0.1, 0.15) is 18.0 Å². The van der Waals surface area contributed by atoms with Gasteiger partial charge in [0, 0.05) is 12.8 Å². The average molecular weight is 701 g/mol. The van der Waals surface area contributed by atoms with Crippen molar-refractivity contribution in [3.63, 3.8) is 0 Å². The van der Waals surface area contributed by atoms with Crippen molar-refractivity contribution in [1.29, 1.82) is 0 Å². The van der Waals surface area contributed by atoms with Crippen molar-refractivity contribution in [2.75, 3.05) is 12.7 Å². The summed E-state index contributed by atoms with van der Waals surface area (Å²) in [6, 6.07) is 7.92. The van der Waals surface area contributed by atoms with Crippen LogP contribution in [0, 0.1) is 5.92 Å². The maximum absolute atomic E-state index is 13.3. The van der Waals surface area contributed by atoms with E-state index in [9.17, 15) is 28.6 Å². The standard InChI is InChI=1S/C24H35N4O6P.C9H14.C3H6.C2H6/c1-3-16(2)11-21(30)28-23(13-17-7-5-4-6-8-17)35(33,34)15-22(31)27-19(12-18-9-10-18)24(32)26-14-20(25)29;1-4-7-9(6-3)8-5-2;1-3-2;1-2/h4-8,18-19,23H,2-3,9-15H2,1H3,(H2,25,29)(H,26,32)(H,27,31)(H,28,30)(H,33,34);4-6,8H,1,7H2,2-3H3;3H,1H2,2H3;1-2H3/b;8-5-,9-6+;;. The number of amides is 4. The van der Waals surface area contributed by atoms with Gasteiger partial charge in [-0.3, -0.25) is 23.7 Å². The topological polar surface area (TPSA) is 168 Å². The molecule has 10 nitrogen and oxygen atoms in total. The quantitative estimate of drug-likeness (QED) is 0.0667. The Morgan fingerprint density at radius 1 is 1.04 bits per heavy atom. The first-order valence-electron chi connectivity index (χ1n) is 16.9. The summed E-state index contributed by atoms with van der Waals surface area (Å²) in [4.78, 5) is 59.5. The molecule has 11 heteroatoms. The van der Waals surface area contributed by atoms with Crippen molar-refractivity contribution >= 4 is 31.0 Å². The minimum atomic E-state index is -4.25. The number of nitrogens with two attached hydrogens (primary N) is 1. The normalized spacial score (nSPS) is 14.3. The fourth-order valence-corrected chi connectivity index (χ4v) is 5.72. The number of benzene rings is 1. The van der Waals surface area contributed by atoms with Gasteiger partial charge in [-0.2, -0.15) is 0 Å². The molecular weight excluding hydrogens is 639 g/mol. The van der Waals surface area contributed by atoms with Gasteiger partial charge in [0.25, 0.3) is 0 Å². The van der Waals surface area contributed by atoms with Gasteiger partial charge in [-0.25, -0.2) is 0 Å². The number of carbonyl (C=O) groups is 4. The number of rotatable bonds is 18. The highest BCUT2D eigenvalue weighted by Crippen LogP contribution is 2.46.